The van der Waals surface area contributed by atoms with Gasteiger partial charge in [-0.1, -0.05) is 23.8 Å². The van der Waals surface area contributed by atoms with Gasteiger partial charge < -0.3 is 18.9 Å². The number of methoxy groups -OCH3 is 1. The van der Waals surface area contributed by atoms with Crippen molar-refractivity contribution in [1.29, 1.82) is 5.26 Å². The van der Waals surface area contributed by atoms with Crippen molar-refractivity contribution < 1.29 is 9.47 Å². The Hall–Kier alpha value is -3.74. The lowest BCUT2D eigenvalue weighted by molar-refractivity contribution is 0.123. The van der Waals surface area contributed by atoms with Crippen molar-refractivity contribution in [2.24, 2.45) is 0 Å². The van der Waals surface area contributed by atoms with Gasteiger partial charge in [-0.3, -0.25) is 0 Å². The maximum atomic E-state index is 9.10. The summed E-state index contributed by atoms with van der Waals surface area (Å²) in [5.41, 5.74) is 6.55. The summed E-state index contributed by atoms with van der Waals surface area (Å²) in [5, 5.41) is 14.0. The molecular formula is C25H27N7O2. The van der Waals surface area contributed by atoms with E-state index in [4.69, 9.17) is 24.8 Å². The van der Waals surface area contributed by atoms with Gasteiger partial charge in [-0.05, 0) is 19.1 Å². The molecule has 0 atom stereocenters. The van der Waals surface area contributed by atoms with Gasteiger partial charge in [-0.2, -0.15) is 10.4 Å². The van der Waals surface area contributed by atoms with E-state index in [-0.39, 0.29) is 0 Å². The molecule has 4 aromatic rings. The van der Waals surface area contributed by atoms with Crippen molar-refractivity contribution in [3.8, 4) is 23.1 Å². The third-order valence-electron chi connectivity index (χ3n) is 5.96. The van der Waals surface area contributed by atoms with Crippen molar-refractivity contribution in [3.63, 3.8) is 0 Å². The van der Waals surface area contributed by atoms with E-state index in [9.17, 15) is 0 Å². The molecule has 0 bridgehead atoms. The Balaban J connectivity index is 1.67. The smallest absolute Gasteiger partial charge is 0.164 e. The third-order valence-corrected chi connectivity index (χ3v) is 5.96. The summed E-state index contributed by atoms with van der Waals surface area (Å²) in [7, 11) is 1.68. The predicted molar refractivity (Wildman–Crippen MR) is 129 cm³/mol. The normalized spacial score (nSPS) is 14.0. The maximum Gasteiger partial charge on any atom is 0.164 e. The van der Waals surface area contributed by atoms with Crippen LogP contribution in [0.1, 0.15) is 17.7 Å². The first-order chi connectivity index (χ1) is 16.7. The number of hydrogen-bond acceptors (Lipinski definition) is 7. The molecule has 0 aliphatic carbocycles. The molecule has 9 nitrogen and oxygen atoms in total. The van der Waals surface area contributed by atoms with E-state index in [0.717, 1.165) is 46.9 Å². The highest BCUT2D eigenvalue weighted by Crippen LogP contribution is 2.30. The van der Waals surface area contributed by atoms with E-state index in [1.54, 1.807) is 13.4 Å². The van der Waals surface area contributed by atoms with E-state index < -0.39 is 0 Å². The second kappa shape index (κ2) is 9.63. The predicted octanol–water partition coefficient (Wildman–Crippen LogP) is 3.49. The van der Waals surface area contributed by atoms with Crippen LogP contribution in [0.4, 0.5) is 5.69 Å². The lowest BCUT2D eigenvalue weighted by atomic mass is 10.1. The standard InChI is InChI=1S/C25H27N7O2/c1-18-5-3-6-19(13-18)21-14-20(16-33-2)32(29-21)23-15-22(30-9-11-34-12-10-30)24-25(28-23)31(17-27-24)8-4-7-26/h3,5-6,13-15,17H,4,8-12,16H2,1-2H3. The molecule has 0 amide bonds. The molecule has 0 radical (unpaired) electrons. The monoisotopic (exact) mass is 457 g/mol. The molecule has 0 unspecified atom stereocenters. The number of morpholine rings is 1. The summed E-state index contributed by atoms with van der Waals surface area (Å²) in [6.07, 6.45) is 2.15. The molecule has 5 rings (SSSR count). The quantitative estimate of drug-likeness (QED) is 0.419. The minimum absolute atomic E-state index is 0.387. The number of rotatable bonds is 7. The lowest BCUT2D eigenvalue weighted by Crippen LogP contribution is -2.36. The molecule has 1 aromatic carbocycles. The number of nitriles is 1. The third kappa shape index (κ3) is 4.25. The lowest BCUT2D eigenvalue weighted by Gasteiger charge is -2.29. The molecule has 9 heteroatoms. The molecule has 0 N–H and O–H groups in total. The van der Waals surface area contributed by atoms with Gasteiger partial charge in [0.2, 0.25) is 0 Å². The van der Waals surface area contributed by atoms with Crippen LogP contribution in [-0.4, -0.2) is 57.7 Å². The van der Waals surface area contributed by atoms with Crippen LogP contribution in [0.3, 0.4) is 0 Å². The molecule has 0 spiro atoms. The van der Waals surface area contributed by atoms with Crippen molar-refractivity contribution in [3.05, 3.63) is 54.0 Å². The molecule has 4 heterocycles. The van der Waals surface area contributed by atoms with Gasteiger partial charge in [-0.25, -0.2) is 14.6 Å². The van der Waals surface area contributed by atoms with E-state index in [0.29, 0.717) is 38.6 Å². The zero-order valence-corrected chi connectivity index (χ0v) is 19.4. The van der Waals surface area contributed by atoms with Crippen molar-refractivity contribution in [2.75, 3.05) is 38.3 Å². The fourth-order valence-electron chi connectivity index (χ4n) is 4.31. The van der Waals surface area contributed by atoms with Crippen molar-refractivity contribution in [2.45, 2.75) is 26.5 Å². The number of aromatic nitrogens is 5. The maximum absolute atomic E-state index is 9.10. The van der Waals surface area contributed by atoms with E-state index in [2.05, 4.69) is 41.1 Å². The van der Waals surface area contributed by atoms with Gasteiger partial charge in [0.15, 0.2) is 11.5 Å². The summed E-state index contributed by atoms with van der Waals surface area (Å²) < 4.78 is 14.8. The summed E-state index contributed by atoms with van der Waals surface area (Å²) in [6, 6.07) is 14.6. The number of benzene rings is 1. The Labute approximate surface area is 198 Å². The number of pyridine rings is 1. The average molecular weight is 458 g/mol. The Morgan fingerprint density at radius 3 is 2.79 bits per heavy atom. The van der Waals surface area contributed by atoms with E-state index in [1.807, 2.05) is 27.4 Å². The largest absolute Gasteiger partial charge is 0.378 e. The Bertz CT molecular complexity index is 1350. The van der Waals surface area contributed by atoms with Gasteiger partial charge in [-0.15, -0.1) is 0 Å². The van der Waals surface area contributed by atoms with Gasteiger partial charge in [0.25, 0.3) is 0 Å². The van der Waals surface area contributed by atoms with E-state index in [1.165, 1.54) is 5.56 Å². The highest BCUT2D eigenvalue weighted by Gasteiger charge is 2.21. The van der Waals surface area contributed by atoms with Gasteiger partial charge >= 0.3 is 0 Å². The molecule has 174 valence electrons. The fraction of sp³-hybridized carbons (Fsp3) is 0.360. The molecular weight excluding hydrogens is 430 g/mol. The molecule has 1 fully saturated rings. The molecule has 1 aliphatic rings. The second-order valence-electron chi connectivity index (χ2n) is 8.35. The summed E-state index contributed by atoms with van der Waals surface area (Å²) >= 11 is 0. The Morgan fingerprint density at radius 2 is 2.03 bits per heavy atom. The number of nitrogens with zero attached hydrogens (tertiary/aromatic N) is 7. The van der Waals surface area contributed by atoms with Gasteiger partial charge in [0, 0.05) is 38.4 Å². The molecule has 1 saturated heterocycles. The molecule has 34 heavy (non-hydrogen) atoms. The Morgan fingerprint density at radius 1 is 1.18 bits per heavy atom. The minimum Gasteiger partial charge on any atom is -0.378 e. The zero-order chi connectivity index (χ0) is 23.5. The highest BCUT2D eigenvalue weighted by molar-refractivity contribution is 5.87. The van der Waals surface area contributed by atoms with Crippen LogP contribution in [0, 0.1) is 18.3 Å². The van der Waals surface area contributed by atoms with Crippen molar-refractivity contribution >= 4 is 16.9 Å². The molecule has 1 aliphatic heterocycles. The minimum atomic E-state index is 0.387. The van der Waals surface area contributed by atoms with Crippen LogP contribution in [0.5, 0.6) is 0 Å². The fourth-order valence-corrected chi connectivity index (χ4v) is 4.31. The van der Waals surface area contributed by atoms with Crippen LogP contribution in [-0.2, 0) is 22.6 Å². The topological polar surface area (TPSA) is 94.0 Å². The second-order valence-corrected chi connectivity index (χ2v) is 8.35. The van der Waals surface area contributed by atoms with Crippen LogP contribution in [0.2, 0.25) is 0 Å². The first-order valence-corrected chi connectivity index (χ1v) is 11.4. The van der Waals surface area contributed by atoms with Gasteiger partial charge in [0.1, 0.15) is 5.52 Å². The summed E-state index contributed by atoms with van der Waals surface area (Å²) in [6.45, 7) is 5.90. The molecule has 3 aromatic heterocycles. The first-order valence-electron chi connectivity index (χ1n) is 11.4. The van der Waals surface area contributed by atoms with E-state index >= 15 is 0 Å². The number of ether oxygens (including phenoxy) is 2. The molecule has 0 saturated carbocycles. The zero-order valence-electron chi connectivity index (χ0n) is 19.4. The van der Waals surface area contributed by atoms with Gasteiger partial charge in [0.05, 0.1) is 55.7 Å². The van der Waals surface area contributed by atoms with Crippen LogP contribution in [0.25, 0.3) is 28.2 Å². The number of fused-ring (bicyclic) bond motifs is 1. The SMILES string of the molecule is COCc1cc(-c2cccc(C)c2)nn1-c1cc(N2CCOCC2)c2ncn(CCC#N)c2n1. The van der Waals surface area contributed by atoms with Crippen LogP contribution in [0.15, 0.2) is 42.7 Å². The number of aryl methyl sites for hydroxylation is 2. The first kappa shape index (κ1) is 22.1. The van der Waals surface area contributed by atoms with Crippen molar-refractivity contribution in [1.82, 2.24) is 24.3 Å². The summed E-state index contributed by atoms with van der Waals surface area (Å²) in [5.74, 6) is 0.693. The van der Waals surface area contributed by atoms with Crippen LogP contribution >= 0.6 is 0 Å². The average Bonchev–Trinajstić information content (AvgIpc) is 3.47. The summed E-state index contributed by atoms with van der Waals surface area (Å²) in [4.78, 5) is 11.9. The van der Waals surface area contributed by atoms with Crippen LogP contribution < -0.4 is 4.90 Å². The number of hydrogen-bond donors (Lipinski definition) is 0. The Kier molecular flexibility index (Phi) is 6.25. The number of anilines is 1. The highest BCUT2D eigenvalue weighted by atomic mass is 16.5. The number of imidazole rings is 1.